The number of hydrogen-bond donors (Lipinski definition) is 1. The van der Waals surface area contributed by atoms with Crippen molar-refractivity contribution in [3.05, 3.63) is 72.2 Å². The molecule has 1 aromatic carbocycles. The zero-order valence-electron chi connectivity index (χ0n) is 15.7. The Kier molecular flexibility index (Phi) is 5.14. The van der Waals surface area contributed by atoms with E-state index in [0.717, 1.165) is 43.2 Å². The summed E-state index contributed by atoms with van der Waals surface area (Å²) in [5.41, 5.74) is 2.25. The van der Waals surface area contributed by atoms with Crippen molar-refractivity contribution in [1.82, 2.24) is 15.0 Å². The summed E-state index contributed by atoms with van der Waals surface area (Å²) in [5, 5.41) is 2.88. The molecule has 0 unspecified atom stereocenters. The van der Waals surface area contributed by atoms with Crippen LogP contribution in [0.1, 0.15) is 16.1 Å². The molecule has 0 spiro atoms. The number of carbonyl (C=O) groups is 1. The van der Waals surface area contributed by atoms with E-state index in [1.807, 2.05) is 49.4 Å². The van der Waals surface area contributed by atoms with Gasteiger partial charge in [-0.3, -0.25) is 4.79 Å². The molecule has 28 heavy (non-hydrogen) atoms. The van der Waals surface area contributed by atoms with Gasteiger partial charge < -0.3 is 15.1 Å². The highest BCUT2D eigenvalue weighted by atomic mass is 16.1. The van der Waals surface area contributed by atoms with Crippen molar-refractivity contribution in [2.24, 2.45) is 0 Å². The van der Waals surface area contributed by atoms with E-state index in [4.69, 9.17) is 0 Å². The van der Waals surface area contributed by atoms with Gasteiger partial charge in [0, 0.05) is 44.3 Å². The smallest absolute Gasteiger partial charge is 0.274 e. The van der Waals surface area contributed by atoms with Gasteiger partial charge in [0.15, 0.2) is 0 Å². The highest BCUT2D eigenvalue weighted by molar-refractivity contribution is 6.02. The Bertz CT molecular complexity index is 937. The third-order valence-electron chi connectivity index (χ3n) is 4.72. The topological polar surface area (TPSA) is 74.2 Å². The molecule has 2 aromatic heterocycles. The molecule has 3 aromatic rings. The molecule has 4 rings (SSSR count). The number of anilines is 3. The second-order valence-electron chi connectivity index (χ2n) is 6.72. The molecular weight excluding hydrogens is 352 g/mol. The van der Waals surface area contributed by atoms with E-state index < -0.39 is 0 Å². The van der Waals surface area contributed by atoms with Crippen LogP contribution in [0.5, 0.6) is 0 Å². The molecule has 1 saturated heterocycles. The lowest BCUT2D eigenvalue weighted by molar-refractivity contribution is 0.102. The van der Waals surface area contributed by atoms with Crippen LogP contribution < -0.4 is 15.1 Å². The largest absolute Gasteiger partial charge is 0.353 e. The van der Waals surface area contributed by atoms with Crippen molar-refractivity contribution in [3.63, 3.8) is 0 Å². The van der Waals surface area contributed by atoms with Crippen LogP contribution in [0.4, 0.5) is 17.5 Å². The second-order valence-corrected chi connectivity index (χ2v) is 6.72. The second kappa shape index (κ2) is 8.04. The summed E-state index contributed by atoms with van der Waals surface area (Å²) in [6, 6.07) is 15.2. The van der Waals surface area contributed by atoms with Crippen molar-refractivity contribution in [2.75, 3.05) is 41.3 Å². The number of rotatable bonds is 4. The van der Waals surface area contributed by atoms with Gasteiger partial charge >= 0.3 is 0 Å². The van der Waals surface area contributed by atoms with Gasteiger partial charge in [-0.2, -0.15) is 0 Å². The first-order valence-electron chi connectivity index (χ1n) is 9.31. The zero-order valence-corrected chi connectivity index (χ0v) is 15.7. The van der Waals surface area contributed by atoms with Crippen molar-refractivity contribution < 1.29 is 4.79 Å². The van der Waals surface area contributed by atoms with Crippen LogP contribution in [0.15, 0.2) is 60.9 Å². The zero-order chi connectivity index (χ0) is 19.3. The third-order valence-corrected chi connectivity index (χ3v) is 4.72. The summed E-state index contributed by atoms with van der Waals surface area (Å²) >= 11 is 0. The number of aromatic nitrogens is 3. The maximum atomic E-state index is 12.5. The number of nitrogens with zero attached hydrogens (tertiary/aromatic N) is 5. The van der Waals surface area contributed by atoms with E-state index in [0.29, 0.717) is 11.6 Å². The normalized spacial score (nSPS) is 14.0. The van der Waals surface area contributed by atoms with Crippen LogP contribution in [0.2, 0.25) is 0 Å². The molecule has 1 amide bonds. The standard InChI is InChI=1S/C21H22N6O/c1-16-5-7-17(8-6-16)24-20(28)18-9-11-23-21(25-18)27-14-12-26(13-15-27)19-4-2-3-10-22-19/h2-11H,12-15H2,1H3,(H,24,28). The van der Waals surface area contributed by atoms with Gasteiger partial charge in [-0.1, -0.05) is 23.8 Å². The average molecular weight is 374 g/mol. The fourth-order valence-corrected chi connectivity index (χ4v) is 3.14. The summed E-state index contributed by atoms with van der Waals surface area (Å²) < 4.78 is 0. The van der Waals surface area contributed by atoms with Crippen LogP contribution in [0.3, 0.4) is 0 Å². The first kappa shape index (κ1) is 17.9. The predicted octanol–water partition coefficient (Wildman–Crippen LogP) is 2.76. The minimum absolute atomic E-state index is 0.236. The predicted molar refractivity (Wildman–Crippen MR) is 110 cm³/mol. The molecule has 142 valence electrons. The van der Waals surface area contributed by atoms with E-state index >= 15 is 0 Å². The molecule has 7 nitrogen and oxygen atoms in total. The van der Waals surface area contributed by atoms with Crippen molar-refractivity contribution >= 4 is 23.4 Å². The Morgan fingerprint density at radius 3 is 2.36 bits per heavy atom. The fraction of sp³-hybridized carbons (Fsp3) is 0.238. The molecule has 0 saturated carbocycles. The number of amides is 1. The van der Waals surface area contributed by atoms with Gasteiger partial charge in [0.2, 0.25) is 5.95 Å². The van der Waals surface area contributed by atoms with Gasteiger partial charge in [0.25, 0.3) is 5.91 Å². The Morgan fingerprint density at radius 2 is 1.64 bits per heavy atom. The maximum Gasteiger partial charge on any atom is 0.274 e. The number of benzene rings is 1. The third kappa shape index (κ3) is 4.09. The minimum atomic E-state index is -0.236. The number of piperazine rings is 1. The average Bonchev–Trinajstić information content (AvgIpc) is 2.76. The van der Waals surface area contributed by atoms with Crippen LogP contribution in [-0.4, -0.2) is 47.0 Å². The first-order valence-corrected chi connectivity index (χ1v) is 9.31. The highest BCUT2D eigenvalue weighted by Crippen LogP contribution is 2.16. The maximum absolute atomic E-state index is 12.5. The van der Waals surface area contributed by atoms with Crippen molar-refractivity contribution in [1.29, 1.82) is 0 Å². The summed E-state index contributed by atoms with van der Waals surface area (Å²) in [6.07, 6.45) is 3.44. The molecule has 3 heterocycles. The quantitative estimate of drug-likeness (QED) is 0.757. The Hall–Kier alpha value is -3.48. The summed E-state index contributed by atoms with van der Waals surface area (Å²) in [7, 11) is 0. The van der Waals surface area contributed by atoms with Crippen molar-refractivity contribution in [2.45, 2.75) is 6.92 Å². The van der Waals surface area contributed by atoms with Gasteiger partial charge in [-0.05, 0) is 37.3 Å². The van der Waals surface area contributed by atoms with Crippen LogP contribution in [0, 0.1) is 6.92 Å². The monoisotopic (exact) mass is 374 g/mol. The highest BCUT2D eigenvalue weighted by Gasteiger charge is 2.20. The lowest BCUT2D eigenvalue weighted by Gasteiger charge is -2.35. The molecule has 1 aliphatic heterocycles. The molecule has 0 aliphatic carbocycles. The number of nitrogens with one attached hydrogen (secondary N) is 1. The van der Waals surface area contributed by atoms with E-state index in [2.05, 4.69) is 30.1 Å². The molecule has 0 radical (unpaired) electrons. The molecule has 1 fully saturated rings. The Labute approximate surface area is 164 Å². The van der Waals surface area contributed by atoms with E-state index in [1.165, 1.54) is 0 Å². The number of pyridine rings is 1. The van der Waals surface area contributed by atoms with E-state index in [9.17, 15) is 4.79 Å². The molecule has 7 heteroatoms. The lowest BCUT2D eigenvalue weighted by Crippen LogP contribution is -2.47. The Morgan fingerprint density at radius 1 is 0.893 bits per heavy atom. The summed E-state index contributed by atoms with van der Waals surface area (Å²) in [4.78, 5) is 30.1. The number of aryl methyl sites for hydroxylation is 1. The Balaban J connectivity index is 1.41. The SMILES string of the molecule is Cc1ccc(NC(=O)c2ccnc(N3CCN(c4ccccn4)CC3)n2)cc1. The van der Waals surface area contributed by atoms with E-state index in [-0.39, 0.29) is 5.91 Å². The molecule has 1 N–H and O–H groups in total. The molecular formula is C21H22N6O. The molecule has 0 bridgehead atoms. The van der Waals surface area contributed by atoms with Crippen LogP contribution >= 0.6 is 0 Å². The van der Waals surface area contributed by atoms with Gasteiger partial charge in [-0.25, -0.2) is 15.0 Å². The summed E-state index contributed by atoms with van der Waals surface area (Å²) in [6.45, 7) is 5.23. The first-order chi connectivity index (χ1) is 13.7. The van der Waals surface area contributed by atoms with E-state index in [1.54, 1.807) is 18.5 Å². The van der Waals surface area contributed by atoms with Crippen molar-refractivity contribution in [3.8, 4) is 0 Å². The fourth-order valence-electron chi connectivity index (χ4n) is 3.14. The molecule has 0 atom stereocenters. The summed E-state index contributed by atoms with van der Waals surface area (Å²) in [5.74, 6) is 1.33. The number of hydrogen-bond acceptors (Lipinski definition) is 6. The lowest BCUT2D eigenvalue weighted by atomic mass is 10.2. The van der Waals surface area contributed by atoms with Crippen LogP contribution in [-0.2, 0) is 0 Å². The molecule has 1 aliphatic rings. The number of carbonyl (C=O) groups excluding carboxylic acids is 1. The van der Waals surface area contributed by atoms with Gasteiger partial charge in [-0.15, -0.1) is 0 Å². The van der Waals surface area contributed by atoms with Crippen LogP contribution in [0.25, 0.3) is 0 Å². The van der Waals surface area contributed by atoms with Gasteiger partial charge in [0.1, 0.15) is 11.5 Å². The minimum Gasteiger partial charge on any atom is -0.353 e. The van der Waals surface area contributed by atoms with Gasteiger partial charge in [0.05, 0.1) is 0 Å².